The molecule has 1 aliphatic heterocycles. The minimum absolute atomic E-state index is 0.166. The summed E-state index contributed by atoms with van der Waals surface area (Å²) in [5.41, 5.74) is 2.12. The molecule has 4 nitrogen and oxygen atoms in total. The van der Waals surface area contributed by atoms with Crippen molar-refractivity contribution in [1.29, 1.82) is 0 Å². The molecule has 0 aliphatic carbocycles. The van der Waals surface area contributed by atoms with Gasteiger partial charge >= 0.3 is 0 Å². The second kappa shape index (κ2) is 8.97. The average molecular weight is 352 g/mol. The van der Waals surface area contributed by atoms with Gasteiger partial charge in [-0.3, -0.25) is 9.69 Å². The highest BCUT2D eigenvalue weighted by atomic mass is 16.3. The van der Waals surface area contributed by atoms with Crippen molar-refractivity contribution >= 4 is 11.6 Å². The molecule has 1 atom stereocenters. The fraction of sp³-hybridized carbons (Fsp3) is 0.409. The Morgan fingerprint density at radius 1 is 1.08 bits per heavy atom. The van der Waals surface area contributed by atoms with Crippen LogP contribution in [0.5, 0.6) is 0 Å². The molecule has 2 aromatic carbocycles. The van der Waals surface area contributed by atoms with Gasteiger partial charge < -0.3 is 10.0 Å². The number of anilines is 1. The van der Waals surface area contributed by atoms with Gasteiger partial charge in [-0.05, 0) is 30.5 Å². The molecule has 0 bridgehead atoms. The minimum atomic E-state index is -0.467. The summed E-state index contributed by atoms with van der Waals surface area (Å²) in [6, 6.07) is 20.2. The smallest absolute Gasteiger partial charge is 0.226 e. The zero-order chi connectivity index (χ0) is 18.4. The topological polar surface area (TPSA) is 43.8 Å². The van der Waals surface area contributed by atoms with E-state index in [1.54, 1.807) is 0 Å². The van der Waals surface area contributed by atoms with Crippen LogP contribution in [0.3, 0.4) is 0 Å². The summed E-state index contributed by atoms with van der Waals surface area (Å²) < 4.78 is 0. The second-order valence-corrected chi connectivity index (χ2v) is 6.89. The van der Waals surface area contributed by atoms with Crippen molar-refractivity contribution in [3.63, 3.8) is 0 Å². The van der Waals surface area contributed by atoms with Crippen LogP contribution in [0, 0.1) is 0 Å². The summed E-state index contributed by atoms with van der Waals surface area (Å²) >= 11 is 0. The van der Waals surface area contributed by atoms with Crippen LogP contribution in [-0.4, -0.2) is 41.3 Å². The van der Waals surface area contributed by atoms with Crippen molar-refractivity contribution in [3.05, 3.63) is 66.2 Å². The molecule has 1 heterocycles. The molecule has 0 saturated carbocycles. The Morgan fingerprint density at radius 3 is 2.23 bits per heavy atom. The first-order chi connectivity index (χ1) is 12.7. The number of nitrogens with zero attached hydrogens (tertiary/aromatic N) is 2. The number of aliphatic hydroxyl groups is 1. The van der Waals surface area contributed by atoms with Gasteiger partial charge in [-0.15, -0.1) is 0 Å². The van der Waals surface area contributed by atoms with E-state index in [4.69, 9.17) is 0 Å². The van der Waals surface area contributed by atoms with E-state index in [-0.39, 0.29) is 11.9 Å². The van der Waals surface area contributed by atoms with Crippen LogP contribution in [0.4, 0.5) is 5.69 Å². The van der Waals surface area contributed by atoms with Gasteiger partial charge in [0, 0.05) is 37.7 Å². The molecule has 4 heteroatoms. The van der Waals surface area contributed by atoms with Gasteiger partial charge in [0.1, 0.15) is 6.23 Å². The van der Waals surface area contributed by atoms with Crippen molar-refractivity contribution in [1.82, 2.24) is 4.90 Å². The van der Waals surface area contributed by atoms with Gasteiger partial charge in [-0.1, -0.05) is 55.5 Å². The number of rotatable bonds is 6. The summed E-state index contributed by atoms with van der Waals surface area (Å²) in [5, 5.41) is 10.6. The maximum absolute atomic E-state index is 12.5. The minimum Gasteiger partial charge on any atom is -0.378 e. The third-order valence-corrected chi connectivity index (χ3v) is 5.15. The maximum atomic E-state index is 12.5. The largest absolute Gasteiger partial charge is 0.378 e. The number of likely N-dealkylation sites (tertiary alicyclic amines) is 1. The molecular weight excluding hydrogens is 324 g/mol. The first kappa shape index (κ1) is 18.6. The number of carbonyl (C=O) groups is 1. The maximum Gasteiger partial charge on any atom is 0.226 e. The fourth-order valence-corrected chi connectivity index (χ4v) is 3.71. The first-order valence-electron chi connectivity index (χ1n) is 9.52. The lowest BCUT2D eigenvalue weighted by molar-refractivity contribution is -0.119. The van der Waals surface area contributed by atoms with Crippen molar-refractivity contribution in [2.75, 3.05) is 18.0 Å². The molecule has 1 aliphatic rings. The lowest BCUT2D eigenvalue weighted by Crippen LogP contribution is -2.50. The van der Waals surface area contributed by atoms with Gasteiger partial charge in [0.2, 0.25) is 5.91 Å². The van der Waals surface area contributed by atoms with Crippen LogP contribution in [0.15, 0.2) is 60.7 Å². The molecule has 2 aromatic rings. The third kappa shape index (κ3) is 4.51. The number of benzene rings is 2. The highest BCUT2D eigenvalue weighted by Crippen LogP contribution is 2.25. The van der Waals surface area contributed by atoms with E-state index in [2.05, 4.69) is 4.90 Å². The van der Waals surface area contributed by atoms with E-state index < -0.39 is 6.23 Å². The molecule has 0 spiro atoms. The molecule has 0 radical (unpaired) electrons. The van der Waals surface area contributed by atoms with Crippen LogP contribution in [0.1, 0.15) is 31.7 Å². The van der Waals surface area contributed by atoms with Crippen molar-refractivity contribution in [2.24, 2.45) is 0 Å². The van der Waals surface area contributed by atoms with Gasteiger partial charge in [0.15, 0.2) is 0 Å². The summed E-state index contributed by atoms with van der Waals surface area (Å²) in [7, 11) is 0. The van der Waals surface area contributed by atoms with E-state index >= 15 is 0 Å². The van der Waals surface area contributed by atoms with Crippen molar-refractivity contribution in [2.45, 2.75) is 44.9 Å². The van der Waals surface area contributed by atoms with Gasteiger partial charge in [0.25, 0.3) is 0 Å². The van der Waals surface area contributed by atoms with E-state index in [0.29, 0.717) is 12.8 Å². The van der Waals surface area contributed by atoms with Gasteiger partial charge in [-0.2, -0.15) is 0 Å². The second-order valence-electron chi connectivity index (χ2n) is 6.89. The van der Waals surface area contributed by atoms with Crippen LogP contribution in [0.25, 0.3) is 0 Å². The number of hydrogen-bond donors (Lipinski definition) is 1. The predicted octanol–water partition coefficient (Wildman–Crippen LogP) is 3.46. The zero-order valence-corrected chi connectivity index (χ0v) is 15.4. The fourth-order valence-electron chi connectivity index (χ4n) is 3.71. The highest BCUT2D eigenvalue weighted by Gasteiger charge is 2.30. The number of hydrogen-bond acceptors (Lipinski definition) is 3. The molecule has 1 saturated heterocycles. The number of para-hydroxylation sites is 1. The quantitative estimate of drug-likeness (QED) is 0.866. The molecular formula is C22H28N2O2. The molecule has 0 aromatic heterocycles. The lowest BCUT2D eigenvalue weighted by Gasteiger charge is -2.40. The molecule has 138 valence electrons. The van der Waals surface area contributed by atoms with E-state index in [1.807, 2.05) is 72.5 Å². The van der Waals surface area contributed by atoms with Gasteiger partial charge in [0.05, 0.1) is 0 Å². The van der Waals surface area contributed by atoms with Crippen molar-refractivity contribution in [3.8, 4) is 0 Å². The molecule has 26 heavy (non-hydrogen) atoms. The Hall–Kier alpha value is -2.17. The Morgan fingerprint density at radius 2 is 1.65 bits per heavy atom. The predicted molar refractivity (Wildman–Crippen MR) is 105 cm³/mol. The Bertz CT molecular complexity index is 682. The Balaban J connectivity index is 1.62. The molecule has 1 unspecified atom stereocenters. The first-order valence-corrected chi connectivity index (χ1v) is 9.52. The SMILES string of the molecule is CCC(=O)N(c1ccccc1)C1CCN(C(O)Cc2ccccc2)CC1. The van der Waals surface area contributed by atoms with Crippen LogP contribution in [0.2, 0.25) is 0 Å². The Kier molecular flexibility index (Phi) is 6.42. The van der Waals surface area contributed by atoms with Crippen LogP contribution >= 0.6 is 0 Å². The number of amides is 1. The molecule has 3 rings (SSSR count). The zero-order valence-electron chi connectivity index (χ0n) is 15.4. The number of aliphatic hydroxyl groups excluding tert-OH is 1. The Labute approximate surface area is 156 Å². The number of carbonyl (C=O) groups excluding carboxylic acids is 1. The van der Waals surface area contributed by atoms with Gasteiger partial charge in [-0.25, -0.2) is 0 Å². The van der Waals surface area contributed by atoms with Crippen LogP contribution in [-0.2, 0) is 11.2 Å². The summed E-state index contributed by atoms with van der Waals surface area (Å²) in [5.74, 6) is 0.166. The molecule has 1 N–H and O–H groups in total. The normalized spacial score (nSPS) is 17.0. The summed E-state index contributed by atoms with van der Waals surface area (Å²) in [4.78, 5) is 16.6. The lowest BCUT2D eigenvalue weighted by atomic mass is 10.0. The van der Waals surface area contributed by atoms with E-state index in [9.17, 15) is 9.90 Å². The molecule has 1 amide bonds. The summed E-state index contributed by atoms with van der Waals surface area (Å²) in [6.45, 7) is 3.52. The third-order valence-electron chi connectivity index (χ3n) is 5.15. The average Bonchev–Trinajstić information content (AvgIpc) is 2.70. The van der Waals surface area contributed by atoms with Crippen LogP contribution < -0.4 is 4.90 Å². The highest BCUT2D eigenvalue weighted by molar-refractivity contribution is 5.93. The standard InChI is InChI=1S/C22H28N2O2/c1-2-21(25)24(19-11-7-4-8-12-19)20-13-15-23(16-14-20)22(26)17-18-9-5-3-6-10-18/h3-12,20,22,26H,2,13-17H2,1H3. The monoisotopic (exact) mass is 352 g/mol. The van der Waals surface area contributed by atoms with E-state index in [1.165, 1.54) is 0 Å². The van der Waals surface area contributed by atoms with Crippen molar-refractivity contribution < 1.29 is 9.90 Å². The molecule has 1 fully saturated rings. The number of piperidine rings is 1. The summed E-state index contributed by atoms with van der Waals surface area (Å²) in [6.07, 6.45) is 2.44. The van der Waals surface area contributed by atoms with E-state index in [0.717, 1.165) is 37.2 Å².